The maximum absolute atomic E-state index is 12.1. The van der Waals surface area contributed by atoms with Gasteiger partial charge in [-0.15, -0.1) is 24.0 Å². The van der Waals surface area contributed by atoms with E-state index in [9.17, 15) is 8.78 Å². The average Bonchev–Trinajstić information content (AvgIpc) is 2.59. The minimum atomic E-state index is -2.54. The van der Waals surface area contributed by atoms with Gasteiger partial charge in [-0.25, -0.2) is 18.8 Å². The molecule has 0 aliphatic heterocycles. The Morgan fingerprint density at radius 3 is 2.60 bits per heavy atom. The molecule has 0 amide bonds. The van der Waals surface area contributed by atoms with Crippen LogP contribution in [0.15, 0.2) is 47.5 Å². The number of benzene rings is 1. The molecular weight excluding hydrogens is 445 g/mol. The van der Waals surface area contributed by atoms with Crippen LogP contribution in [-0.2, 0) is 6.54 Å². The molecule has 1 heterocycles. The van der Waals surface area contributed by atoms with Crippen molar-refractivity contribution >= 4 is 35.6 Å². The summed E-state index contributed by atoms with van der Waals surface area (Å²) in [6.45, 7) is -0.498. The number of hydrogen-bond donors (Lipinski definition) is 2. The van der Waals surface area contributed by atoms with Gasteiger partial charge in [0.05, 0.1) is 19.3 Å². The lowest BCUT2D eigenvalue weighted by atomic mass is 10.3. The third-order valence-electron chi connectivity index (χ3n) is 2.91. The Morgan fingerprint density at radius 2 is 1.96 bits per heavy atom. The Balaban J connectivity index is 0.00000312. The molecule has 0 unspecified atom stereocenters. The predicted octanol–water partition coefficient (Wildman–Crippen LogP) is 3.28. The number of ether oxygens (including phenoxy) is 2. The van der Waals surface area contributed by atoms with Gasteiger partial charge in [0, 0.05) is 11.8 Å². The predicted molar refractivity (Wildman–Crippen MR) is 103 cm³/mol. The highest BCUT2D eigenvalue weighted by Gasteiger charge is 2.05. The van der Waals surface area contributed by atoms with E-state index in [2.05, 4.69) is 15.3 Å². The molecule has 0 fully saturated rings. The smallest absolute Gasteiger partial charge is 0.272 e. The molecule has 3 N–H and O–H groups in total. The van der Waals surface area contributed by atoms with Gasteiger partial charge in [-0.2, -0.15) is 0 Å². The van der Waals surface area contributed by atoms with E-state index in [-0.39, 0.29) is 42.4 Å². The number of halogens is 3. The van der Waals surface area contributed by atoms with E-state index >= 15 is 0 Å². The lowest BCUT2D eigenvalue weighted by molar-refractivity contribution is 0.0795. The summed E-state index contributed by atoms with van der Waals surface area (Å²) in [7, 11) is 1.59. The fraction of sp³-hybridized carbons (Fsp3) is 0.250. The first kappa shape index (κ1) is 20.9. The second-order valence-corrected chi connectivity index (χ2v) is 4.72. The van der Waals surface area contributed by atoms with Crippen LogP contribution in [0.25, 0.3) is 0 Å². The molecule has 0 aliphatic rings. The molecule has 2 aromatic rings. The van der Waals surface area contributed by atoms with Crippen molar-refractivity contribution in [2.45, 2.75) is 13.0 Å². The number of anilines is 1. The van der Waals surface area contributed by atoms with E-state index in [4.69, 9.17) is 15.2 Å². The summed E-state index contributed by atoms with van der Waals surface area (Å²) in [5.41, 5.74) is 7.13. The maximum Gasteiger partial charge on any atom is 0.272 e. The van der Waals surface area contributed by atoms with Crippen LogP contribution in [0.3, 0.4) is 0 Å². The van der Waals surface area contributed by atoms with Crippen molar-refractivity contribution in [3.05, 3.63) is 48.2 Å². The third kappa shape index (κ3) is 7.50. The number of aliphatic imine (C=N–C) groups is 1. The average molecular weight is 464 g/mol. The summed E-state index contributed by atoms with van der Waals surface area (Å²) in [5, 5.41) is 2.93. The van der Waals surface area contributed by atoms with E-state index in [1.807, 2.05) is 0 Å². The molecule has 0 saturated carbocycles. The molecule has 25 heavy (non-hydrogen) atoms. The first-order valence-electron chi connectivity index (χ1n) is 7.14. The normalized spacial score (nSPS) is 11.0. The van der Waals surface area contributed by atoms with Crippen LogP contribution in [-0.4, -0.2) is 31.1 Å². The van der Waals surface area contributed by atoms with Gasteiger partial charge in [0.15, 0.2) is 12.6 Å². The van der Waals surface area contributed by atoms with Gasteiger partial charge in [-0.3, -0.25) is 0 Å². The van der Waals surface area contributed by atoms with Crippen molar-refractivity contribution in [3.63, 3.8) is 0 Å². The lowest BCUT2D eigenvalue weighted by Crippen LogP contribution is -2.22. The Hall–Kier alpha value is -2.17. The molecule has 0 radical (unpaired) electrons. The van der Waals surface area contributed by atoms with E-state index in [1.54, 1.807) is 43.5 Å². The zero-order valence-electron chi connectivity index (χ0n) is 13.5. The Bertz CT molecular complexity index is 684. The Kier molecular flexibility index (Phi) is 8.89. The minimum Gasteiger partial charge on any atom is -0.497 e. The van der Waals surface area contributed by atoms with Gasteiger partial charge in [0.25, 0.3) is 6.43 Å². The first-order chi connectivity index (χ1) is 11.6. The largest absolute Gasteiger partial charge is 0.497 e. The number of nitrogens with two attached hydrogens (primary N) is 1. The molecule has 1 aromatic heterocycles. The molecule has 0 saturated heterocycles. The first-order valence-corrected chi connectivity index (χ1v) is 7.14. The standard InChI is InChI=1S/C16H18F2N4O2.HI/c1-23-13-7-5-11(6-8-13)22-16(19)20-9-12-3-2-4-15(21-12)24-10-14(17)18;/h2-8,14H,9-10H2,1H3,(H3,19,20,22);1H. The van der Waals surface area contributed by atoms with Crippen LogP contribution in [0.1, 0.15) is 5.69 Å². The highest BCUT2D eigenvalue weighted by Crippen LogP contribution is 2.15. The van der Waals surface area contributed by atoms with Crippen LogP contribution >= 0.6 is 24.0 Å². The van der Waals surface area contributed by atoms with Crippen molar-refractivity contribution in [3.8, 4) is 11.6 Å². The van der Waals surface area contributed by atoms with Gasteiger partial charge in [0.1, 0.15) is 5.75 Å². The van der Waals surface area contributed by atoms with Crippen molar-refractivity contribution in [2.75, 3.05) is 19.0 Å². The van der Waals surface area contributed by atoms with Crippen LogP contribution in [0, 0.1) is 0 Å². The number of nitrogens with one attached hydrogen (secondary N) is 1. The molecule has 0 aliphatic carbocycles. The third-order valence-corrected chi connectivity index (χ3v) is 2.91. The second-order valence-electron chi connectivity index (χ2n) is 4.72. The van der Waals surface area contributed by atoms with E-state index in [0.717, 1.165) is 11.4 Å². The number of nitrogens with zero attached hydrogens (tertiary/aromatic N) is 2. The number of rotatable bonds is 7. The van der Waals surface area contributed by atoms with E-state index < -0.39 is 13.0 Å². The maximum atomic E-state index is 12.1. The van der Waals surface area contributed by atoms with Gasteiger partial charge < -0.3 is 20.5 Å². The molecule has 0 spiro atoms. The fourth-order valence-corrected chi connectivity index (χ4v) is 1.80. The summed E-state index contributed by atoms with van der Waals surface area (Å²) in [6, 6.07) is 12.1. The topological polar surface area (TPSA) is 81.8 Å². The summed E-state index contributed by atoms with van der Waals surface area (Å²) in [5.74, 6) is 1.08. The molecule has 9 heteroatoms. The Morgan fingerprint density at radius 1 is 1.24 bits per heavy atom. The van der Waals surface area contributed by atoms with Crippen molar-refractivity contribution in [1.82, 2.24) is 4.98 Å². The molecule has 2 rings (SSSR count). The van der Waals surface area contributed by atoms with Gasteiger partial charge in [-0.1, -0.05) is 6.07 Å². The molecular formula is C16H19F2IN4O2. The molecule has 0 atom stereocenters. The van der Waals surface area contributed by atoms with Crippen molar-refractivity contribution in [2.24, 2.45) is 10.7 Å². The molecule has 136 valence electrons. The Labute approximate surface area is 161 Å². The zero-order chi connectivity index (χ0) is 17.4. The SMILES string of the molecule is COc1ccc(NC(N)=NCc2cccc(OCC(F)F)n2)cc1.I. The monoisotopic (exact) mass is 464 g/mol. The van der Waals surface area contributed by atoms with Crippen LogP contribution in [0.4, 0.5) is 14.5 Å². The number of pyridine rings is 1. The summed E-state index contributed by atoms with van der Waals surface area (Å²) in [4.78, 5) is 8.24. The van der Waals surface area contributed by atoms with E-state index in [0.29, 0.717) is 5.69 Å². The molecule has 6 nitrogen and oxygen atoms in total. The number of alkyl halides is 2. The number of guanidine groups is 1. The minimum absolute atomic E-state index is 0. The number of aromatic nitrogens is 1. The summed E-state index contributed by atoms with van der Waals surface area (Å²) >= 11 is 0. The highest BCUT2D eigenvalue weighted by atomic mass is 127. The lowest BCUT2D eigenvalue weighted by Gasteiger charge is -2.07. The summed E-state index contributed by atoms with van der Waals surface area (Å²) < 4.78 is 34.2. The molecule has 0 bridgehead atoms. The highest BCUT2D eigenvalue weighted by molar-refractivity contribution is 14.0. The summed E-state index contributed by atoms with van der Waals surface area (Å²) in [6.07, 6.45) is -2.54. The van der Waals surface area contributed by atoms with Gasteiger partial charge in [0.2, 0.25) is 5.88 Å². The fourth-order valence-electron chi connectivity index (χ4n) is 1.80. The van der Waals surface area contributed by atoms with Gasteiger partial charge in [-0.05, 0) is 30.3 Å². The van der Waals surface area contributed by atoms with Crippen LogP contribution < -0.4 is 20.5 Å². The van der Waals surface area contributed by atoms with Crippen molar-refractivity contribution < 1.29 is 18.3 Å². The van der Waals surface area contributed by atoms with Crippen molar-refractivity contribution in [1.29, 1.82) is 0 Å². The quantitative estimate of drug-likeness (QED) is 0.374. The second kappa shape index (κ2) is 10.6. The van der Waals surface area contributed by atoms with Gasteiger partial charge >= 0.3 is 0 Å². The number of hydrogen-bond acceptors (Lipinski definition) is 4. The van der Waals surface area contributed by atoms with E-state index in [1.165, 1.54) is 6.07 Å². The number of methoxy groups -OCH3 is 1. The van der Waals surface area contributed by atoms with Crippen LogP contribution in [0.2, 0.25) is 0 Å². The van der Waals surface area contributed by atoms with Crippen LogP contribution in [0.5, 0.6) is 11.6 Å². The molecule has 1 aromatic carbocycles. The zero-order valence-corrected chi connectivity index (χ0v) is 15.8.